The minimum Gasteiger partial charge on any atom is -0.493 e. The molecule has 1 heterocycles. The minimum absolute atomic E-state index is 0.412. The largest absolute Gasteiger partial charge is 0.493 e. The summed E-state index contributed by atoms with van der Waals surface area (Å²) in [6.07, 6.45) is 6.95. The van der Waals surface area contributed by atoms with Crippen LogP contribution in [0, 0.1) is 0 Å². The lowest BCUT2D eigenvalue weighted by Crippen LogP contribution is -2.06. The molecule has 1 aromatic heterocycles. The SMILES string of the molecule is COc1ccc(S(=O)Cc2ccn(C3CCCC3)n2)cc1OC. The van der Waals surface area contributed by atoms with Gasteiger partial charge in [-0.25, -0.2) is 0 Å². The Kier molecular flexibility index (Phi) is 5.00. The maximum absolute atomic E-state index is 12.6. The Balaban J connectivity index is 1.71. The van der Waals surface area contributed by atoms with Gasteiger partial charge in [0.05, 0.1) is 42.5 Å². The molecule has 1 fully saturated rings. The molecule has 124 valence electrons. The van der Waals surface area contributed by atoms with Crippen molar-refractivity contribution in [3.05, 3.63) is 36.2 Å². The van der Waals surface area contributed by atoms with Crippen molar-refractivity contribution in [2.24, 2.45) is 0 Å². The molecule has 0 aliphatic heterocycles. The molecule has 0 bridgehead atoms. The van der Waals surface area contributed by atoms with Crippen molar-refractivity contribution in [1.82, 2.24) is 9.78 Å². The van der Waals surface area contributed by atoms with Crippen molar-refractivity contribution in [1.29, 1.82) is 0 Å². The smallest absolute Gasteiger partial charge is 0.161 e. The third kappa shape index (κ3) is 3.58. The molecule has 0 amide bonds. The molecule has 1 aromatic carbocycles. The summed E-state index contributed by atoms with van der Waals surface area (Å²) < 4.78 is 25.1. The number of benzene rings is 1. The van der Waals surface area contributed by atoms with Gasteiger partial charge in [-0.3, -0.25) is 8.89 Å². The molecule has 0 N–H and O–H groups in total. The molecule has 2 aromatic rings. The molecule has 3 rings (SSSR count). The van der Waals surface area contributed by atoms with Gasteiger partial charge < -0.3 is 9.47 Å². The van der Waals surface area contributed by atoms with E-state index in [0.29, 0.717) is 23.3 Å². The summed E-state index contributed by atoms with van der Waals surface area (Å²) in [6.45, 7) is 0. The fourth-order valence-corrected chi connectivity index (χ4v) is 4.05. The van der Waals surface area contributed by atoms with Gasteiger partial charge in [0.25, 0.3) is 0 Å². The summed E-state index contributed by atoms with van der Waals surface area (Å²) in [6, 6.07) is 7.84. The van der Waals surface area contributed by atoms with Crippen molar-refractivity contribution in [2.75, 3.05) is 14.2 Å². The van der Waals surface area contributed by atoms with Crippen LogP contribution in [0.1, 0.15) is 37.4 Å². The number of hydrogen-bond acceptors (Lipinski definition) is 4. The summed E-state index contributed by atoms with van der Waals surface area (Å²) in [7, 11) is 2.01. The molecule has 5 nitrogen and oxygen atoms in total. The zero-order valence-electron chi connectivity index (χ0n) is 13.5. The van der Waals surface area contributed by atoms with Gasteiger partial charge in [-0.1, -0.05) is 12.8 Å². The van der Waals surface area contributed by atoms with Gasteiger partial charge in [-0.2, -0.15) is 5.10 Å². The van der Waals surface area contributed by atoms with Crippen LogP contribution in [-0.4, -0.2) is 28.2 Å². The van der Waals surface area contributed by atoms with Crippen LogP contribution in [0.4, 0.5) is 0 Å². The highest BCUT2D eigenvalue weighted by Gasteiger charge is 2.18. The van der Waals surface area contributed by atoms with Crippen LogP contribution in [0.15, 0.2) is 35.4 Å². The van der Waals surface area contributed by atoms with E-state index < -0.39 is 10.8 Å². The third-order valence-electron chi connectivity index (χ3n) is 4.26. The monoisotopic (exact) mass is 334 g/mol. The van der Waals surface area contributed by atoms with Crippen molar-refractivity contribution >= 4 is 10.8 Å². The number of aromatic nitrogens is 2. The van der Waals surface area contributed by atoms with Crippen molar-refractivity contribution in [3.8, 4) is 11.5 Å². The molecule has 23 heavy (non-hydrogen) atoms. The topological polar surface area (TPSA) is 53.4 Å². The van der Waals surface area contributed by atoms with Crippen LogP contribution in [0.5, 0.6) is 11.5 Å². The molecular formula is C17H22N2O3S. The first-order valence-corrected chi connectivity index (χ1v) is 9.17. The molecule has 1 aliphatic carbocycles. The van der Waals surface area contributed by atoms with Gasteiger partial charge in [-0.15, -0.1) is 0 Å². The molecule has 1 saturated carbocycles. The van der Waals surface area contributed by atoms with Gasteiger partial charge >= 0.3 is 0 Å². The number of nitrogens with zero attached hydrogens (tertiary/aromatic N) is 2. The predicted molar refractivity (Wildman–Crippen MR) is 89.4 cm³/mol. The molecule has 1 unspecified atom stereocenters. The van der Waals surface area contributed by atoms with Gasteiger partial charge in [0.15, 0.2) is 11.5 Å². The lowest BCUT2D eigenvalue weighted by Gasteiger charge is -2.10. The summed E-state index contributed by atoms with van der Waals surface area (Å²) in [5.41, 5.74) is 0.866. The standard InChI is InChI=1S/C17H22N2O3S/c1-21-16-8-7-15(11-17(16)22-2)23(20)12-13-9-10-19(18-13)14-5-3-4-6-14/h7-11,14H,3-6,12H2,1-2H3. The number of methoxy groups -OCH3 is 2. The van der Waals surface area contributed by atoms with E-state index in [1.54, 1.807) is 26.4 Å². The molecule has 6 heteroatoms. The van der Waals surface area contributed by atoms with Crippen LogP contribution in [0.2, 0.25) is 0 Å². The van der Waals surface area contributed by atoms with E-state index in [1.807, 2.05) is 23.0 Å². The second-order valence-electron chi connectivity index (χ2n) is 5.73. The average molecular weight is 334 g/mol. The Hall–Kier alpha value is -1.82. The second-order valence-corrected chi connectivity index (χ2v) is 7.18. The number of ether oxygens (including phenoxy) is 2. The fourth-order valence-electron chi connectivity index (χ4n) is 3.00. The van der Waals surface area contributed by atoms with Crippen LogP contribution in [0.3, 0.4) is 0 Å². The van der Waals surface area contributed by atoms with Gasteiger partial charge in [0, 0.05) is 17.2 Å². The Morgan fingerprint density at radius 3 is 2.61 bits per heavy atom. The first-order valence-electron chi connectivity index (χ1n) is 7.85. The summed E-state index contributed by atoms with van der Waals surface area (Å²) >= 11 is 0. The van der Waals surface area contributed by atoms with Crippen LogP contribution < -0.4 is 9.47 Å². The van der Waals surface area contributed by atoms with Gasteiger partial charge in [0.2, 0.25) is 0 Å². The molecule has 1 aliphatic rings. The molecule has 0 spiro atoms. The quantitative estimate of drug-likeness (QED) is 0.813. The van der Waals surface area contributed by atoms with Crippen molar-refractivity contribution in [3.63, 3.8) is 0 Å². The maximum atomic E-state index is 12.6. The Labute approximate surface area is 139 Å². The Bertz CT molecular complexity index is 693. The highest BCUT2D eigenvalue weighted by atomic mass is 32.2. The number of rotatable bonds is 6. The first kappa shape index (κ1) is 16.1. The summed E-state index contributed by atoms with van der Waals surface area (Å²) in [5, 5.41) is 4.60. The minimum atomic E-state index is -1.16. The highest BCUT2D eigenvalue weighted by Crippen LogP contribution is 2.30. The Morgan fingerprint density at radius 2 is 1.91 bits per heavy atom. The van der Waals surface area contributed by atoms with Crippen LogP contribution in [0.25, 0.3) is 0 Å². The van der Waals surface area contributed by atoms with Crippen LogP contribution >= 0.6 is 0 Å². The fraction of sp³-hybridized carbons (Fsp3) is 0.471. The molecular weight excluding hydrogens is 312 g/mol. The lowest BCUT2D eigenvalue weighted by atomic mass is 10.3. The van der Waals surface area contributed by atoms with Crippen molar-refractivity contribution in [2.45, 2.75) is 42.4 Å². The predicted octanol–water partition coefficient (Wildman–Crippen LogP) is 3.32. The van der Waals surface area contributed by atoms with Crippen LogP contribution in [-0.2, 0) is 16.6 Å². The normalized spacial score (nSPS) is 16.4. The van der Waals surface area contributed by atoms with E-state index in [0.717, 1.165) is 10.6 Å². The van der Waals surface area contributed by atoms with E-state index in [-0.39, 0.29) is 0 Å². The summed E-state index contributed by atoms with van der Waals surface area (Å²) in [5.74, 6) is 1.64. The van der Waals surface area contributed by atoms with E-state index in [9.17, 15) is 4.21 Å². The Morgan fingerprint density at radius 1 is 1.17 bits per heavy atom. The lowest BCUT2D eigenvalue weighted by molar-refractivity contribution is 0.354. The highest BCUT2D eigenvalue weighted by molar-refractivity contribution is 7.84. The van der Waals surface area contributed by atoms with E-state index in [4.69, 9.17) is 9.47 Å². The molecule has 0 radical (unpaired) electrons. The van der Waals surface area contributed by atoms with Gasteiger partial charge in [0.1, 0.15) is 0 Å². The van der Waals surface area contributed by atoms with E-state index in [1.165, 1.54) is 25.7 Å². The third-order valence-corrected chi connectivity index (χ3v) is 5.60. The second kappa shape index (κ2) is 7.17. The summed E-state index contributed by atoms with van der Waals surface area (Å²) in [4.78, 5) is 0.720. The number of hydrogen-bond donors (Lipinski definition) is 0. The van der Waals surface area contributed by atoms with E-state index >= 15 is 0 Å². The molecule has 0 saturated heterocycles. The molecule has 1 atom stereocenters. The first-order chi connectivity index (χ1) is 11.2. The zero-order chi connectivity index (χ0) is 16.2. The average Bonchev–Trinajstić information content (AvgIpc) is 3.25. The zero-order valence-corrected chi connectivity index (χ0v) is 14.3. The van der Waals surface area contributed by atoms with E-state index in [2.05, 4.69) is 5.10 Å². The van der Waals surface area contributed by atoms with Gasteiger partial charge in [-0.05, 0) is 31.0 Å². The van der Waals surface area contributed by atoms with Crippen molar-refractivity contribution < 1.29 is 13.7 Å². The maximum Gasteiger partial charge on any atom is 0.161 e.